The molecule has 2 aromatic carbocycles. The number of anilines is 1. The van der Waals surface area contributed by atoms with Gasteiger partial charge in [-0.25, -0.2) is 0 Å². The number of benzene rings is 2. The summed E-state index contributed by atoms with van der Waals surface area (Å²) in [6.07, 6.45) is 4.97. The highest BCUT2D eigenvalue weighted by atomic mass is 32.2. The first-order chi connectivity index (χ1) is 12.2. The van der Waals surface area contributed by atoms with Gasteiger partial charge in [-0.15, -0.1) is 11.8 Å². The predicted molar refractivity (Wildman–Crippen MR) is 104 cm³/mol. The summed E-state index contributed by atoms with van der Waals surface area (Å²) in [5.41, 5.74) is 2.75. The Labute approximate surface area is 152 Å². The minimum absolute atomic E-state index is 0.0659. The van der Waals surface area contributed by atoms with Crippen LogP contribution in [0, 0.1) is 0 Å². The van der Waals surface area contributed by atoms with Crippen LogP contribution >= 0.6 is 11.8 Å². The average Bonchev–Trinajstić information content (AvgIpc) is 3.12. The Morgan fingerprint density at radius 3 is 2.68 bits per heavy atom. The van der Waals surface area contributed by atoms with E-state index in [0.717, 1.165) is 29.9 Å². The summed E-state index contributed by atoms with van der Waals surface area (Å²) in [7, 11) is 0. The van der Waals surface area contributed by atoms with E-state index in [0.29, 0.717) is 5.25 Å². The molecule has 0 N–H and O–H groups in total. The fourth-order valence-electron chi connectivity index (χ4n) is 3.16. The van der Waals surface area contributed by atoms with Gasteiger partial charge in [-0.05, 0) is 48.9 Å². The summed E-state index contributed by atoms with van der Waals surface area (Å²) in [6, 6.07) is 20.0. The standard InChI is InChI=1S/C21H20N2OS/c1-16-11-14-23(19-9-2-3-10-20(19)25-16)21(24)17-7-6-8-18(15-17)22-12-4-5-13-22/h2-10,12-13,15-16H,11,14H2,1H3. The van der Waals surface area contributed by atoms with Crippen LogP contribution in [-0.4, -0.2) is 22.3 Å². The molecule has 0 radical (unpaired) electrons. The van der Waals surface area contributed by atoms with E-state index >= 15 is 0 Å². The van der Waals surface area contributed by atoms with Gasteiger partial charge >= 0.3 is 0 Å². The lowest BCUT2D eigenvalue weighted by Gasteiger charge is -2.23. The first kappa shape index (κ1) is 16.0. The topological polar surface area (TPSA) is 25.2 Å². The normalized spacial score (nSPS) is 17.0. The zero-order valence-electron chi connectivity index (χ0n) is 14.1. The van der Waals surface area contributed by atoms with E-state index < -0.39 is 0 Å². The molecule has 2 heterocycles. The molecule has 1 atom stereocenters. The van der Waals surface area contributed by atoms with Gasteiger partial charge in [0.1, 0.15) is 0 Å². The lowest BCUT2D eigenvalue weighted by molar-refractivity contribution is 0.0986. The van der Waals surface area contributed by atoms with Gasteiger partial charge in [-0.3, -0.25) is 4.79 Å². The minimum Gasteiger partial charge on any atom is -0.324 e. The van der Waals surface area contributed by atoms with Crippen LogP contribution in [-0.2, 0) is 0 Å². The molecule has 3 nitrogen and oxygen atoms in total. The Balaban J connectivity index is 1.70. The molecular weight excluding hydrogens is 328 g/mol. The molecule has 1 amide bonds. The van der Waals surface area contributed by atoms with E-state index in [9.17, 15) is 4.79 Å². The smallest absolute Gasteiger partial charge is 0.258 e. The molecule has 3 aromatic rings. The van der Waals surface area contributed by atoms with Crippen molar-refractivity contribution in [3.63, 3.8) is 0 Å². The quantitative estimate of drug-likeness (QED) is 0.650. The van der Waals surface area contributed by atoms with Crippen LogP contribution in [0.4, 0.5) is 5.69 Å². The number of amides is 1. The number of aromatic nitrogens is 1. The van der Waals surface area contributed by atoms with E-state index in [2.05, 4.69) is 13.0 Å². The zero-order chi connectivity index (χ0) is 17.2. The van der Waals surface area contributed by atoms with Crippen molar-refractivity contribution in [3.8, 4) is 5.69 Å². The largest absolute Gasteiger partial charge is 0.324 e. The fraction of sp³-hybridized carbons (Fsp3) is 0.190. The molecule has 25 heavy (non-hydrogen) atoms. The van der Waals surface area contributed by atoms with Gasteiger partial charge in [0.25, 0.3) is 5.91 Å². The lowest BCUT2D eigenvalue weighted by atomic mass is 10.1. The van der Waals surface area contributed by atoms with Crippen molar-refractivity contribution in [1.29, 1.82) is 0 Å². The number of thioether (sulfide) groups is 1. The van der Waals surface area contributed by atoms with Crippen LogP contribution in [0.25, 0.3) is 5.69 Å². The molecule has 1 aromatic heterocycles. The number of nitrogens with zero attached hydrogens (tertiary/aromatic N) is 2. The monoisotopic (exact) mass is 348 g/mol. The van der Waals surface area contributed by atoms with Gasteiger partial charge in [0.05, 0.1) is 5.69 Å². The molecule has 0 saturated heterocycles. The van der Waals surface area contributed by atoms with Gasteiger partial charge in [-0.1, -0.05) is 25.1 Å². The lowest BCUT2D eigenvalue weighted by Crippen LogP contribution is -2.32. The van der Waals surface area contributed by atoms with Crippen LogP contribution in [0.1, 0.15) is 23.7 Å². The number of carbonyl (C=O) groups is 1. The van der Waals surface area contributed by atoms with Crippen molar-refractivity contribution in [2.75, 3.05) is 11.4 Å². The van der Waals surface area contributed by atoms with Crippen LogP contribution < -0.4 is 4.90 Å². The highest BCUT2D eigenvalue weighted by molar-refractivity contribution is 8.00. The molecule has 1 aliphatic heterocycles. The van der Waals surface area contributed by atoms with E-state index in [1.165, 1.54) is 4.90 Å². The minimum atomic E-state index is 0.0659. The van der Waals surface area contributed by atoms with Crippen molar-refractivity contribution >= 4 is 23.4 Å². The predicted octanol–water partition coefficient (Wildman–Crippen LogP) is 5.01. The average molecular weight is 348 g/mol. The number of rotatable bonds is 2. The number of para-hydroxylation sites is 1. The first-order valence-electron chi connectivity index (χ1n) is 8.53. The van der Waals surface area contributed by atoms with Gasteiger partial charge in [0, 0.05) is 40.3 Å². The molecule has 1 aliphatic rings. The molecule has 1 unspecified atom stereocenters. The molecule has 0 spiro atoms. The van der Waals surface area contributed by atoms with Gasteiger partial charge < -0.3 is 9.47 Å². The van der Waals surface area contributed by atoms with Gasteiger partial charge in [0.15, 0.2) is 0 Å². The third kappa shape index (κ3) is 3.22. The SMILES string of the molecule is CC1CCN(C(=O)c2cccc(-n3cccc3)c2)c2ccccc2S1. The Morgan fingerprint density at radius 1 is 1.04 bits per heavy atom. The van der Waals surface area contributed by atoms with Crippen LogP contribution in [0.15, 0.2) is 78.0 Å². The summed E-state index contributed by atoms with van der Waals surface area (Å²) in [5.74, 6) is 0.0659. The fourth-order valence-corrected chi connectivity index (χ4v) is 4.27. The second kappa shape index (κ2) is 6.81. The maximum absolute atomic E-state index is 13.3. The Morgan fingerprint density at radius 2 is 1.84 bits per heavy atom. The van der Waals surface area contributed by atoms with Crippen molar-refractivity contribution < 1.29 is 4.79 Å². The molecular formula is C21H20N2OS. The van der Waals surface area contributed by atoms with E-state index in [1.54, 1.807) is 0 Å². The van der Waals surface area contributed by atoms with Gasteiger partial charge in [0.2, 0.25) is 0 Å². The van der Waals surface area contributed by atoms with Crippen molar-refractivity contribution in [1.82, 2.24) is 4.57 Å². The second-order valence-electron chi connectivity index (χ2n) is 6.28. The third-order valence-corrected chi connectivity index (χ3v) is 5.72. The summed E-state index contributed by atoms with van der Waals surface area (Å²) >= 11 is 1.85. The summed E-state index contributed by atoms with van der Waals surface area (Å²) in [5, 5.41) is 0.505. The summed E-state index contributed by atoms with van der Waals surface area (Å²) < 4.78 is 2.02. The van der Waals surface area contributed by atoms with Crippen LogP contribution in [0.2, 0.25) is 0 Å². The van der Waals surface area contributed by atoms with E-state index in [-0.39, 0.29) is 5.91 Å². The van der Waals surface area contributed by atoms with E-state index in [1.807, 2.05) is 88.2 Å². The second-order valence-corrected chi connectivity index (χ2v) is 7.76. The highest BCUT2D eigenvalue weighted by Gasteiger charge is 2.25. The molecule has 0 aliphatic carbocycles. The maximum Gasteiger partial charge on any atom is 0.258 e. The number of carbonyl (C=O) groups excluding carboxylic acids is 1. The van der Waals surface area contributed by atoms with E-state index in [4.69, 9.17) is 0 Å². The third-order valence-electron chi connectivity index (χ3n) is 4.48. The van der Waals surface area contributed by atoms with Crippen LogP contribution in [0.5, 0.6) is 0 Å². The number of hydrogen-bond donors (Lipinski definition) is 0. The van der Waals surface area contributed by atoms with Gasteiger partial charge in [-0.2, -0.15) is 0 Å². The molecule has 0 bridgehead atoms. The van der Waals surface area contributed by atoms with Crippen molar-refractivity contribution in [2.24, 2.45) is 0 Å². The molecule has 4 rings (SSSR count). The Kier molecular flexibility index (Phi) is 4.36. The molecule has 4 heteroatoms. The zero-order valence-corrected chi connectivity index (χ0v) is 14.9. The summed E-state index contributed by atoms with van der Waals surface area (Å²) in [6.45, 7) is 2.97. The highest BCUT2D eigenvalue weighted by Crippen LogP contribution is 2.37. The molecule has 0 fully saturated rings. The number of hydrogen-bond acceptors (Lipinski definition) is 2. The Hall–Kier alpha value is -2.46. The first-order valence-corrected chi connectivity index (χ1v) is 9.41. The maximum atomic E-state index is 13.3. The Bertz CT molecular complexity index is 888. The summed E-state index contributed by atoms with van der Waals surface area (Å²) in [4.78, 5) is 16.4. The number of fused-ring (bicyclic) bond motifs is 1. The van der Waals surface area contributed by atoms with Crippen molar-refractivity contribution in [2.45, 2.75) is 23.5 Å². The van der Waals surface area contributed by atoms with Crippen LogP contribution in [0.3, 0.4) is 0 Å². The molecule has 0 saturated carbocycles. The van der Waals surface area contributed by atoms with Crippen molar-refractivity contribution in [3.05, 3.63) is 78.6 Å². The molecule has 126 valence electrons.